The van der Waals surface area contributed by atoms with Gasteiger partial charge in [-0.15, -0.1) is 11.3 Å². The number of hydrogen-bond acceptors (Lipinski definition) is 3. The Morgan fingerprint density at radius 2 is 2.07 bits per heavy atom. The number of rotatable bonds is 4. The molecule has 1 aromatic rings. The molecule has 3 heteroatoms. The van der Waals surface area contributed by atoms with Crippen LogP contribution in [0.3, 0.4) is 0 Å². The third-order valence-corrected chi connectivity index (χ3v) is 3.47. The molecular formula is C12H22N2S. The number of nitrogens with one attached hydrogen (secondary N) is 1. The zero-order chi connectivity index (χ0) is 11.5. The van der Waals surface area contributed by atoms with Gasteiger partial charge in [-0.3, -0.25) is 0 Å². The zero-order valence-electron chi connectivity index (χ0n) is 10.4. The fourth-order valence-electron chi connectivity index (χ4n) is 1.22. The molecule has 0 radical (unpaired) electrons. The molecule has 0 saturated carbocycles. The van der Waals surface area contributed by atoms with Crippen molar-refractivity contribution in [1.29, 1.82) is 0 Å². The Bertz CT molecular complexity index is 297. The lowest BCUT2D eigenvalue weighted by molar-refractivity contribution is 0.554. The van der Waals surface area contributed by atoms with Crippen LogP contribution in [0.25, 0.3) is 0 Å². The molecule has 0 aliphatic carbocycles. The highest BCUT2D eigenvalue weighted by molar-refractivity contribution is 7.11. The average Bonchev–Trinajstić information content (AvgIpc) is 2.51. The van der Waals surface area contributed by atoms with Crippen molar-refractivity contribution in [2.45, 2.75) is 46.6 Å². The maximum absolute atomic E-state index is 4.46. The molecule has 0 amide bonds. The maximum atomic E-state index is 4.46. The number of thiazole rings is 1. The topological polar surface area (TPSA) is 24.9 Å². The molecule has 2 nitrogen and oxygen atoms in total. The Morgan fingerprint density at radius 1 is 1.40 bits per heavy atom. The Hall–Kier alpha value is -0.410. The van der Waals surface area contributed by atoms with E-state index in [0.29, 0.717) is 5.92 Å². The summed E-state index contributed by atoms with van der Waals surface area (Å²) >= 11 is 1.82. The van der Waals surface area contributed by atoms with Gasteiger partial charge in [-0.05, 0) is 12.5 Å². The number of aromatic nitrogens is 1. The maximum Gasteiger partial charge on any atom is 0.0981 e. The normalized spacial score (nSPS) is 12.4. The molecule has 0 spiro atoms. The quantitative estimate of drug-likeness (QED) is 0.853. The third kappa shape index (κ3) is 4.31. The van der Waals surface area contributed by atoms with Crippen molar-refractivity contribution in [3.63, 3.8) is 0 Å². The van der Waals surface area contributed by atoms with E-state index in [1.165, 1.54) is 9.88 Å². The summed E-state index contributed by atoms with van der Waals surface area (Å²) in [6, 6.07) is 0. The second-order valence-corrected chi connectivity index (χ2v) is 6.52. The zero-order valence-corrected chi connectivity index (χ0v) is 11.2. The van der Waals surface area contributed by atoms with E-state index in [9.17, 15) is 0 Å². The molecule has 86 valence electrons. The van der Waals surface area contributed by atoms with Crippen LogP contribution in [0.15, 0.2) is 6.20 Å². The van der Waals surface area contributed by atoms with E-state index in [-0.39, 0.29) is 5.41 Å². The summed E-state index contributed by atoms with van der Waals surface area (Å²) in [5.74, 6) is 0.708. The van der Waals surface area contributed by atoms with Crippen LogP contribution in [0.4, 0.5) is 0 Å². The Labute approximate surface area is 97.1 Å². The highest BCUT2D eigenvalue weighted by Crippen LogP contribution is 2.26. The van der Waals surface area contributed by atoms with Crippen LogP contribution in [0.1, 0.15) is 44.5 Å². The SMILES string of the molecule is CC(C)CNCc1cnc(C(C)(C)C)s1. The molecule has 0 aromatic carbocycles. The lowest BCUT2D eigenvalue weighted by Crippen LogP contribution is -2.18. The smallest absolute Gasteiger partial charge is 0.0981 e. The fraction of sp³-hybridized carbons (Fsp3) is 0.750. The Morgan fingerprint density at radius 3 is 2.53 bits per heavy atom. The van der Waals surface area contributed by atoms with E-state index < -0.39 is 0 Å². The van der Waals surface area contributed by atoms with Crippen LogP contribution >= 0.6 is 11.3 Å². The molecular weight excluding hydrogens is 204 g/mol. The Balaban J connectivity index is 2.47. The fourth-order valence-corrected chi connectivity index (χ4v) is 2.16. The number of nitrogens with zero attached hydrogens (tertiary/aromatic N) is 1. The van der Waals surface area contributed by atoms with Gasteiger partial charge >= 0.3 is 0 Å². The first kappa shape index (κ1) is 12.7. The van der Waals surface area contributed by atoms with Crippen molar-refractivity contribution in [2.24, 2.45) is 5.92 Å². The molecule has 0 aliphatic rings. The lowest BCUT2D eigenvalue weighted by Gasteiger charge is -2.13. The van der Waals surface area contributed by atoms with Gasteiger partial charge in [0.15, 0.2) is 0 Å². The molecule has 1 rings (SSSR count). The number of hydrogen-bond donors (Lipinski definition) is 1. The summed E-state index contributed by atoms with van der Waals surface area (Å²) in [6.45, 7) is 13.1. The van der Waals surface area contributed by atoms with Gasteiger partial charge in [0.05, 0.1) is 5.01 Å². The van der Waals surface area contributed by atoms with Gasteiger partial charge in [0.1, 0.15) is 0 Å². The summed E-state index contributed by atoms with van der Waals surface area (Å²) in [4.78, 5) is 5.80. The van der Waals surface area contributed by atoms with Crippen LogP contribution in [-0.4, -0.2) is 11.5 Å². The van der Waals surface area contributed by atoms with Crippen molar-refractivity contribution in [1.82, 2.24) is 10.3 Å². The molecule has 0 bridgehead atoms. The first-order valence-electron chi connectivity index (χ1n) is 5.55. The van der Waals surface area contributed by atoms with E-state index >= 15 is 0 Å². The van der Waals surface area contributed by atoms with Crippen LogP contribution < -0.4 is 5.32 Å². The summed E-state index contributed by atoms with van der Waals surface area (Å²) in [6.07, 6.45) is 2.00. The minimum atomic E-state index is 0.182. The van der Waals surface area contributed by atoms with Crippen LogP contribution in [0, 0.1) is 5.92 Å². The molecule has 0 atom stereocenters. The molecule has 0 fully saturated rings. The second kappa shape index (κ2) is 5.08. The van der Waals surface area contributed by atoms with Crippen molar-refractivity contribution < 1.29 is 0 Å². The van der Waals surface area contributed by atoms with Crippen LogP contribution in [0.2, 0.25) is 0 Å². The van der Waals surface area contributed by atoms with Gasteiger partial charge in [0, 0.05) is 23.0 Å². The largest absolute Gasteiger partial charge is 0.312 e. The molecule has 0 unspecified atom stereocenters. The molecule has 0 saturated heterocycles. The average molecular weight is 226 g/mol. The first-order chi connectivity index (χ1) is 6.89. The molecule has 15 heavy (non-hydrogen) atoms. The first-order valence-corrected chi connectivity index (χ1v) is 6.37. The van der Waals surface area contributed by atoms with Gasteiger partial charge in [0.2, 0.25) is 0 Å². The lowest BCUT2D eigenvalue weighted by atomic mass is 9.98. The van der Waals surface area contributed by atoms with E-state index in [4.69, 9.17) is 0 Å². The highest BCUT2D eigenvalue weighted by Gasteiger charge is 2.17. The summed E-state index contributed by atoms with van der Waals surface area (Å²) in [7, 11) is 0. The van der Waals surface area contributed by atoms with Crippen LogP contribution in [0.5, 0.6) is 0 Å². The van der Waals surface area contributed by atoms with E-state index in [1.54, 1.807) is 0 Å². The summed E-state index contributed by atoms with van der Waals surface area (Å²) in [5, 5.41) is 4.66. The highest BCUT2D eigenvalue weighted by atomic mass is 32.1. The van der Waals surface area contributed by atoms with Gasteiger partial charge in [-0.1, -0.05) is 34.6 Å². The molecule has 1 N–H and O–H groups in total. The minimum Gasteiger partial charge on any atom is -0.312 e. The summed E-state index contributed by atoms with van der Waals surface area (Å²) in [5.41, 5.74) is 0.182. The summed E-state index contributed by atoms with van der Waals surface area (Å²) < 4.78 is 0. The molecule has 1 aromatic heterocycles. The van der Waals surface area contributed by atoms with Crippen molar-refractivity contribution in [3.8, 4) is 0 Å². The van der Waals surface area contributed by atoms with Crippen molar-refractivity contribution in [3.05, 3.63) is 16.1 Å². The van der Waals surface area contributed by atoms with Gasteiger partial charge in [-0.25, -0.2) is 4.98 Å². The van der Waals surface area contributed by atoms with Gasteiger partial charge < -0.3 is 5.32 Å². The Kier molecular flexibility index (Phi) is 4.29. The van der Waals surface area contributed by atoms with E-state index in [0.717, 1.165) is 13.1 Å². The standard InChI is InChI=1S/C12H22N2S/c1-9(2)6-13-7-10-8-14-11(15-10)12(3,4)5/h8-9,13H,6-7H2,1-5H3. The molecule has 1 heterocycles. The minimum absolute atomic E-state index is 0.182. The van der Waals surface area contributed by atoms with E-state index in [2.05, 4.69) is 44.9 Å². The molecule has 0 aliphatic heterocycles. The van der Waals surface area contributed by atoms with Gasteiger partial charge in [0.25, 0.3) is 0 Å². The van der Waals surface area contributed by atoms with Crippen LogP contribution in [-0.2, 0) is 12.0 Å². The predicted molar refractivity (Wildman–Crippen MR) is 67.4 cm³/mol. The third-order valence-electron chi connectivity index (χ3n) is 2.05. The van der Waals surface area contributed by atoms with Crippen molar-refractivity contribution >= 4 is 11.3 Å². The van der Waals surface area contributed by atoms with Gasteiger partial charge in [-0.2, -0.15) is 0 Å². The predicted octanol–water partition coefficient (Wildman–Crippen LogP) is 3.19. The second-order valence-electron chi connectivity index (χ2n) is 5.41. The van der Waals surface area contributed by atoms with E-state index in [1.807, 2.05) is 17.5 Å². The monoisotopic (exact) mass is 226 g/mol. The van der Waals surface area contributed by atoms with Crippen molar-refractivity contribution in [2.75, 3.05) is 6.54 Å².